The molecule has 5 heteroatoms. The van der Waals surface area contributed by atoms with Crippen molar-refractivity contribution in [3.05, 3.63) is 24.3 Å². The number of anilines is 1. The van der Waals surface area contributed by atoms with Gasteiger partial charge < -0.3 is 14.8 Å². The van der Waals surface area contributed by atoms with Crippen LogP contribution in [0.25, 0.3) is 0 Å². The second-order valence-electron chi connectivity index (χ2n) is 3.60. The molecule has 1 amide bonds. The van der Waals surface area contributed by atoms with Crippen LogP contribution in [0.4, 0.5) is 10.5 Å². The predicted molar refractivity (Wildman–Crippen MR) is 66.5 cm³/mol. The molecule has 0 spiro atoms. The Labute approximate surface area is 101 Å². The van der Waals surface area contributed by atoms with Crippen molar-refractivity contribution >= 4 is 11.8 Å². The zero-order chi connectivity index (χ0) is 12.7. The van der Waals surface area contributed by atoms with E-state index < -0.39 is 6.09 Å². The van der Waals surface area contributed by atoms with Crippen LogP contribution >= 0.6 is 0 Å². The Bertz CT molecular complexity index is 369. The van der Waals surface area contributed by atoms with E-state index in [0.717, 1.165) is 0 Å². The maximum atomic E-state index is 11.5. The van der Waals surface area contributed by atoms with Gasteiger partial charge in [0, 0.05) is 6.54 Å². The normalized spacial score (nSPS) is 11.7. The highest BCUT2D eigenvalue weighted by molar-refractivity contribution is 5.86. The van der Waals surface area contributed by atoms with Crippen molar-refractivity contribution in [2.24, 2.45) is 0 Å². The Hall–Kier alpha value is -1.75. The summed E-state index contributed by atoms with van der Waals surface area (Å²) in [5.41, 5.74) is 0.594. The Morgan fingerprint density at radius 3 is 2.76 bits per heavy atom. The largest absolute Gasteiger partial charge is 0.495 e. The van der Waals surface area contributed by atoms with Gasteiger partial charge in [-0.3, -0.25) is 5.32 Å². The molecule has 1 rings (SSSR count). The van der Waals surface area contributed by atoms with Crippen LogP contribution in [0, 0.1) is 0 Å². The lowest BCUT2D eigenvalue weighted by Gasteiger charge is -2.14. The number of para-hydroxylation sites is 2. The van der Waals surface area contributed by atoms with Crippen molar-refractivity contribution in [2.45, 2.75) is 13.0 Å². The maximum absolute atomic E-state index is 11.5. The fraction of sp³-hybridized carbons (Fsp3) is 0.417. The van der Waals surface area contributed by atoms with Crippen molar-refractivity contribution in [2.75, 3.05) is 26.0 Å². The summed E-state index contributed by atoms with van der Waals surface area (Å²) in [5.74, 6) is 0.603. The number of methoxy groups -OCH3 is 1. The SMILES string of the molecule is CNCC(C)OC(=O)Nc1ccccc1OC. The van der Waals surface area contributed by atoms with Crippen molar-refractivity contribution < 1.29 is 14.3 Å². The van der Waals surface area contributed by atoms with Crippen molar-refractivity contribution in [3.63, 3.8) is 0 Å². The van der Waals surface area contributed by atoms with Gasteiger partial charge >= 0.3 is 6.09 Å². The summed E-state index contributed by atoms with van der Waals surface area (Å²) in [6.07, 6.45) is -0.674. The molecule has 17 heavy (non-hydrogen) atoms. The van der Waals surface area contributed by atoms with Gasteiger partial charge in [-0.2, -0.15) is 0 Å². The topological polar surface area (TPSA) is 59.6 Å². The molecule has 1 unspecified atom stereocenters. The summed E-state index contributed by atoms with van der Waals surface area (Å²) in [6, 6.07) is 7.17. The van der Waals surface area contributed by atoms with Gasteiger partial charge in [0.2, 0.25) is 0 Å². The maximum Gasteiger partial charge on any atom is 0.412 e. The molecular weight excluding hydrogens is 220 g/mol. The van der Waals surface area contributed by atoms with E-state index in [9.17, 15) is 4.79 Å². The number of rotatable bonds is 5. The molecule has 0 radical (unpaired) electrons. The lowest BCUT2D eigenvalue weighted by molar-refractivity contribution is 0.121. The molecule has 1 aromatic carbocycles. The Morgan fingerprint density at radius 2 is 2.12 bits per heavy atom. The fourth-order valence-corrected chi connectivity index (χ4v) is 1.40. The van der Waals surface area contributed by atoms with Crippen LogP contribution in [0.3, 0.4) is 0 Å². The molecule has 5 nitrogen and oxygen atoms in total. The number of amides is 1. The molecule has 1 aromatic rings. The van der Waals surface area contributed by atoms with E-state index in [2.05, 4.69) is 10.6 Å². The van der Waals surface area contributed by atoms with Crippen LogP contribution in [0.5, 0.6) is 5.75 Å². The number of carbonyl (C=O) groups is 1. The first-order valence-electron chi connectivity index (χ1n) is 5.42. The van der Waals surface area contributed by atoms with Crippen LogP contribution in [0.2, 0.25) is 0 Å². The molecule has 0 aliphatic heterocycles. The van der Waals surface area contributed by atoms with Crippen LogP contribution in [0.1, 0.15) is 6.92 Å². The van der Waals surface area contributed by atoms with Crippen molar-refractivity contribution in [1.29, 1.82) is 0 Å². The van der Waals surface area contributed by atoms with Gasteiger partial charge in [0.15, 0.2) is 0 Å². The van der Waals surface area contributed by atoms with Gasteiger partial charge in [-0.05, 0) is 26.1 Å². The van der Waals surface area contributed by atoms with Crippen LogP contribution in [-0.4, -0.2) is 32.9 Å². The number of ether oxygens (including phenoxy) is 2. The number of carbonyl (C=O) groups excluding carboxylic acids is 1. The molecule has 0 saturated heterocycles. The Morgan fingerprint density at radius 1 is 1.41 bits per heavy atom. The van der Waals surface area contributed by atoms with E-state index in [-0.39, 0.29) is 6.10 Å². The standard InChI is InChI=1S/C12H18N2O3/c1-9(8-13-2)17-12(15)14-10-6-4-5-7-11(10)16-3/h4-7,9,13H,8H2,1-3H3,(H,14,15). The van der Waals surface area contributed by atoms with Gasteiger partial charge in [-0.1, -0.05) is 12.1 Å². The van der Waals surface area contributed by atoms with Gasteiger partial charge in [-0.15, -0.1) is 0 Å². The molecule has 94 valence electrons. The number of hydrogen-bond acceptors (Lipinski definition) is 4. The van der Waals surface area contributed by atoms with Crippen LogP contribution in [0.15, 0.2) is 24.3 Å². The lowest BCUT2D eigenvalue weighted by atomic mass is 10.3. The zero-order valence-corrected chi connectivity index (χ0v) is 10.3. The number of benzene rings is 1. The van der Waals surface area contributed by atoms with E-state index in [0.29, 0.717) is 18.0 Å². The monoisotopic (exact) mass is 238 g/mol. The molecular formula is C12H18N2O3. The first kappa shape index (κ1) is 13.3. The summed E-state index contributed by atoms with van der Waals surface area (Å²) in [6.45, 7) is 2.43. The summed E-state index contributed by atoms with van der Waals surface area (Å²) in [7, 11) is 3.35. The zero-order valence-electron chi connectivity index (χ0n) is 10.3. The number of likely N-dealkylation sites (N-methyl/N-ethyl adjacent to an activating group) is 1. The minimum Gasteiger partial charge on any atom is -0.495 e. The molecule has 1 atom stereocenters. The highest BCUT2D eigenvalue weighted by Crippen LogP contribution is 2.23. The average molecular weight is 238 g/mol. The highest BCUT2D eigenvalue weighted by atomic mass is 16.6. The fourth-order valence-electron chi connectivity index (χ4n) is 1.40. The second kappa shape index (κ2) is 6.75. The summed E-state index contributed by atoms with van der Waals surface area (Å²) in [5, 5.41) is 5.57. The molecule has 0 saturated carbocycles. The highest BCUT2D eigenvalue weighted by Gasteiger charge is 2.10. The minimum absolute atomic E-state index is 0.185. The number of hydrogen-bond donors (Lipinski definition) is 2. The van der Waals surface area contributed by atoms with E-state index in [1.807, 2.05) is 19.1 Å². The molecule has 0 aliphatic carbocycles. The van der Waals surface area contributed by atoms with Crippen molar-refractivity contribution in [1.82, 2.24) is 5.32 Å². The molecule has 2 N–H and O–H groups in total. The third-order valence-electron chi connectivity index (χ3n) is 2.14. The number of nitrogens with one attached hydrogen (secondary N) is 2. The smallest absolute Gasteiger partial charge is 0.412 e. The van der Waals surface area contributed by atoms with Crippen molar-refractivity contribution in [3.8, 4) is 5.75 Å². The van der Waals surface area contributed by atoms with Crippen LogP contribution in [-0.2, 0) is 4.74 Å². The van der Waals surface area contributed by atoms with E-state index in [1.54, 1.807) is 26.3 Å². The third kappa shape index (κ3) is 4.32. The third-order valence-corrected chi connectivity index (χ3v) is 2.14. The lowest BCUT2D eigenvalue weighted by Crippen LogP contribution is -2.28. The van der Waals surface area contributed by atoms with Crippen LogP contribution < -0.4 is 15.4 Å². The molecule has 0 aliphatic rings. The Balaban J connectivity index is 2.55. The van der Waals surface area contributed by atoms with Gasteiger partial charge in [0.1, 0.15) is 11.9 Å². The molecule has 0 fully saturated rings. The quantitative estimate of drug-likeness (QED) is 0.822. The second-order valence-corrected chi connectivity index (χ2v) is 3.60. The first-order valence-corrected chi connectivity index (χ1v) is 5.42. The average Bonchev–Trinajstić information content (AvgIpc) is 2.29. The summed E-state index contributed by atoms with van der Waals surface area (Å²) < 4.78 is 10.2. The van der Waals surface area contributed by atoms with E-state index in [1.165, 1.54) is 0 Å². The van der Waals surface area contributed by atoms with Gasteiger partial charge in [-0.25, -0.2) is 4.79 Å². The summed E-state index contributed by atoms with van der Waals surface area (Å²) in [4.78, 5) is 11.5. The van der Waals surface area contributed by atoms with E-state index in [4.69, 9.17) is 9.47 Å². The van der Waals surface area contributed by atoms with E-state index >= 15 is 0 Å². The minimum atomic E-state index is -0.489. The molecule has 0 heterocycles. The summed E-state index contributed by atoms with van der Waals surface area (Å²) >= 11 is 0. The molecule has 0 bridgehead atoms. The Kier molecular flexibility index (Phi) is 5.29. The predicted octanol–water partition coefficient (Wildman–Crippen LogP) is 1.85. The molecule has 0 aromatic heterocycles. The van der Waals surface area contributed by atoms with Gasteiger partial charge in [0.25, 0.3) is 0 Å². The van der Waals surface area contributed by atoms with Gasteiger partial charge in [0.05, 0.1) is 12.8 Å². The first-order chi connectivity index (χ1) is 8.17.